The summed E-state index contributed by atoms with van der Waals surface area (Å²) >= 11 is 1.87. The van der Waals surface area contributed by atoms with E-state index in [0.717, 1.165) is 39.3 Å². The van der Waals surface area contributed by atoms with Gasteiger partial charge in [-0.05, 0) is 82.6 Å². The van der Waals surface area contributed by atoms with Gasteiger partial charge in [0.05, 0.1) is 33.3 Å². The topological polar surface area (TPSA) is 22.8 Å². The fourth-order valence-corrected chi connectivity index (χ4v) is 11.0. The van der Waals surface area contributed by atoms with Crippen molar-refractivity contribution in [1.29, 1.82) is 0 Å². The van der Waals surface area contributed by atoms with Gasteiger partial charge in [-0.3, -0.25) is 0 Å². The lowest BCUT2D eigenvalue weighted by atomic mass is 9.96. The van der Waals surface area contributed by atoms with E-state index in [-0.39, 0.29) is 0 Å². The Kier molecular flexibility index (Phi) is 6.89. The number of pyridine rings is 1. The maximum absolute atomic E-state index is 5.53. The molecule has 0 atom stereocenters. The molecule has 0 unspecified atom stereocenters. The molecule has 0 bridgehead atoms. The lowest BCUT2D eigenvalue weighted by Crippen LogP contribution is -2.00. The van der Waals surface area contributed by atoms with Gasteiger partial charge in [0.25, 0.3) is 0 Å². The smallest absolute Gasteiger partial charge is 0.0803 e. The van der Waals surface area contributed by atoms with Crippen molar-refractivity contribution in [3.8, 4) is 33.8 Å². The quantitative estimate of drug-likeness (QED) is 0.164. The number of para-hydroxylation sites is 4. The summed E-state index contributed by atoms with van der Waals surface area (Å²) in [5, 5.41) is 11.2. The van der Waals surface area contributed by atoms with Crippen LogP contribution >= 0.6 is 11.3 Å². The minimum Gasteiger partial charge on any atom is -0.309 e. The van der Waals surface area contributed by atoms with Gasteiger partial charge in [-0.1, -0.05) is 140 Å². The van der Waals surface area contributed by atoms with Crippen LogP contribution < -0.4 is 0 Å². The van der Waals surface area contributed by atoms with Gasteiger partial charge in [-0.15, -0.1) is 11.3 Å². The number of aromatic nitrogens is 3. The molecule has 0 aliphatic carbocycles. The average Bonchev–Trinajstić information content (AvgIpc) is 3.97. The van der Waals surface area contributed by atoms with Crippen molar-refractivity contribution in [1.82, 2.24) is 14.1 Å². The summed E-state index contributed by atoms with van der Waals surface area (Å²) < 4.78 is 7.43. The van der Waals surface area contributed by atoms with E-state index in [9.17, 15) is 0 Å². The molecule has 3 nitrogen and oxygen atoms in total. The number of nitrogens with zero attached hydrogens (tertiary/aromatic N) is 3. The minimum absolute atomic E-state index is 1.02. The zero-order chi connectivity index (χ0) is 38.6. The van der Waals surface area contributed by atoms with Crippen LogP contribution in [0, 0.1) is 0 Å². The zero-order valence-corrected chi connectivity index (χ0v) is 32.6. The monoisotopic (exact) mass is 767 g/mol. The summed E-state index contributed by atoms with van der Waals surface area (Å²) in [5.41, 5.74) is 12.4. The molecule has 9 aromatic carbocycles. The second-order valence-electron chi connectivity index (χ2n) is 15.5. The molecule has 13 rings (SSSR count). The average molecular weight is 768 g/mol. The maximum Gasteiger partial charge on any atom is 0.0803 e. The van der Waals surface area contributed by atoms with Gasteiger partial charge in [0.2, 0.25) is 0 Å². The summed E-state index contributed by atoms with van der Waals surface area (Å²) in [7, 11) is 0. The molecule has 0 amide bonds. The first-order valence-corrected chi connectivity index (χ1v) is 20.9. The third kappa shape index (κ3) is 4.78. The molecule has 4 aromatic heterocycles. The molecule has 0 saturated heterocycles. The fourth-order valence-electron chi connectivity index (χ4n) is 9.70. The first-order valence-electron chi connectivity index (χ1n) is 20.1. The standard InChI is InChI=1S/C55H33N3S/c1-2-17-40-34(14-1)28-29-46-52(40)55-53(45-22-7-12-27-51(45)59-55)54(56-46)36-16-13-15-35(30-36)37-31-38(57-47-23-8-3-18-41(47)42-19-4-9-24-48(42)57)33-39(32-37)58-49-25-10-5-20-43(49)44-21-6-11-26-50(44)58/h1-33H. The van der Waals surface area contributed by atoms with E-state index in [2.05, 4.69) is 209 Å². The molecule has 0 fully saturated rings. The molecule has 0 N–H and O–H groups in total. The largest absolute Gasteiger partial charge is 0.309 e. The molecular weight excluding hydrogens is 735 g/mol. The third-order valence-electron chi connectivity index (χ3n) is 12.2. The van der Waals surface area contributed by atoms with Crippen LogP contribution in [0.15, 0.2) is 200 Å². The number of rotatable bonds is 4. The van der Waals surface area contributed by atoms with Crippen LogP contribution in [0.4, 0.5) is 0 Å². The molecule has 4 heterocycles. The van der Waals surface area contributed by atoms with Crippen LogP contribution in [0.25, 0.3) is 119 Å². The van der Waals surface area contributed by atoms with E-state index in [1.165, 1.54) is 79.9 Å². The molecular formula is C55H33N3S. The Morgan fingerprint density at radius 2 is 0.864 bits per heavy atom. The first kappa shape index (κ1) is 32.5. The third-order valence-corrected chi connectivity index (χ3v) is 13.4. The highest BCUT2D eigenvalue weighted by Gasteiger charge is 2.20. The number of hydrogen-bond donors (Lipinski definition) is 0. The van der Waals surface area contributed by atoms with Gasteiger partial charge in [-0.25, -0.2) is 4.98 Å². The van der Waals surface area contributed by atoms with Crippen molar-refractivity contribution in [3.63, 3.8) is 0 Å². The SMILES string of the molecule is c1cc(-c2cc(-n3c4ccccc4c4ccccc43)cc(-n3c4ccccc4c4ccccc43)c2)cc(-c2nc3ccc4ccccc4c3c3sc4ccccc4c23)c1. The number of thiophene rings is 1. The summed E-state index contributed by atoms with van der Waals surface area (Å²) in [6.07, 6.45) is 0. The second-order valence-corrected chi connectivity index (χ2v) is 16.6. The van der Waals surface area contributed by atoms with Crippen molar-refractivity contribution in [2.45, 2.75) is 0 Å². The normalized spacial score (nSPS) is 12.1. The Morgan fingerprint density at radius 3 is 1.47 bits per heavy atom. The Morgan fingerprint density at radius 1 is 0.356 bits per heavy atom. The van der Waals surface area contributed by atoms with E-state index in [0.29, 0.717) is 0 Å². The van der Waals surface area contributed by atoms with Gasteiger partial charge in [0.1, 0.15) is 0 Å². The van der Waals surface area contributed by atoms with E-state index >= 15 is 0 Å². The van der Waals surface area contributed by atoms with E-state index in [1.54, 1.807) is 0 Å². The maximum atomic E-state index is 5.53. The summed E-state index contributed by atoms with van der Waals surface area (Å²) in [6.45, 7) is 0. The summed E-state index contributed by atoms with van der Waals surface area (Å²) in [6, 6.07) is 73.1. The first-order chi connectivity index (χ1) is 29.3. The highest BCUT2D eigenvalue weighted by Crippen LogP contribution is 2.45. The van der Waals surface area contributed by atoms with Crippen LogP contribution in [-0.2, 0) is 0 Å². The Bertz CT molecular complexity index is 3620. The Balaban J connectivity index is 1.10. The molecule has 0 saturated carbocycles. The number of hydrogen-bond acceptors (Lipinski definition) is 2. The van der Waals surface area contributed by atoms with E-state index < -0.39 is 0 Å². The van der Waals surface area contributed by atoms with Gasteiger partial charge < -0.3 is 9.13 Å². The zero-order valence-electron chi connectivity index (χ0n) is 31.8. The molecule has 4 heteroatoms. The van der Waals surface area contributed by atoms with E-state index in [1.807, 2.05) is 11.3 Å². The molecule has 13 aromatic rings. The van der Waals surface area contributed by atoms with Gasteiger partial charge in [-0.2, -0.15) is 0 Å². The van der Waals surface area contributed by atoms with Crippen LogP contribution in [0.5, 0.6) is 0 Å². The van der Waals surface area contributed by atoms with E-state index in [4.69, 9.17) is 4.98 Å². The molecule has 0 spiro atoms. The lowest BCUT2D eigenvalue weighted by Gasteiger charge is -2.16. The second kappa shape index (κ2) is 12.5. The van der Waals surface area contributed by atoms with Crippen molar-refractivity contribution in [2.24, 2.45) is 0 Å². The highest BCUT2D eigenvalue weighted by atomic mass is 32.1. The van der Waals surface area contributed by atoms with Crippen molar-refractivity contribution < 1.29 is 0 Å². The summed E-state index contributed by atoms with van der Waals surface area (Å²) in [5.74, 6) is 0. The van der Waals surface area contributed by atoms with Crippen LogP contribution in [0.3, 0.4) is 0 Å². The number of fused-ring (bicyclic) bond motifs is 13. The minimum atomic E-state index is 1.02. The van der Waals surface area contributed by atoms with Crippen molar-refractivity contribution in [3.05, 3.63) is 200 Å². The summed E-state index contributed by atoms with van der Waals surface area (Å²) in [4.78, 5) is 5.53. The van der Waals surface area contributed by atoms with Crippen LogP contribution in [0.2, 0.25) is 0 Å². The van der Waals surface area contributed by atoms with Gasteiger partial charge in [0, 0.05) is 64.0 Å². The van der Waals surface area contributed by atoms with Crippen LogP contribution in [-0.4, -0.2) is 14.1 Å². The molecule has 274 valence electrons. The predicted molar refractivity (Wildman–Crippen MR) is 252 cm³/mol. The number of benzene rings is 9. The highest BCUT2D eigenvalue weighted by molar-refractivity contribution is 7.27. The Hall–Kier alpha value is -7.53. The van der Waals surface area contributed by atoms with Crippen molar-refractivity contribution in [2.75, 3.05) is 0 Å². The molecule has 0 aliphatic rings. The molecule has 59 heavy (non-hydrogen) atoms. The predicted octanol–water partition coefficient (Wildman–Crippen LogP) is 15.3. The molecule has 0 radical (unpaired) electrons. The lowest BCUT2D eigenvalue weighted by molar-refractivity contribution is 1.13. The fraction of sp³-hybridized carbons (Fsp3) is 0. The van der Waals surface area contributed by atoms with Crippen LogP contribution in [0.1, 0.15) is 0 Å². The van der Waals surface area contributed by atoms with Gasteiger partial charge in [0.15, 0.2) is 0 Å². The van der Waals surface area contributed by atoms with Crippen molar-refractivity contribution >= 4 is 96.8 Å². The Labute approximate surface area is 343 Å². The molecule has 0 aliphatic heterocycles. The van der Waals surface area contributed by atoms with Gasteiger partial charge >= 0.3 is 0 Å².